The van der Waals surface area contributed by atoms with Crippen molar-refractivity contribution in [1.29, 1.82) is 0 Å². The van der Waals surface area contributed by atoms with Crippen LogP contribution in [0.4, 0.5) is 0 Å². The van der Waals surface area contributed by atoms with Gasteiger partial charge in [-0.3, -0.25) is 9.59 Å². The summed E-state index contributed by atoms with van der Waals surface area (Å²) >= 11 is 0. The number of aromatic carboxylic acids is 1. The summed E-state index contributed by atoms with van der Waals surface area (Å²) in [6.45, 7) is 1.48. The van der Waals surface area contributed by atoms with Crippen LogP contribution in [0.5, 0.6) is 5.75 Å². The van der Waals surface area contributed by atoms with Crippen LogP contribution in [0.15, 0.2) is 24.4 Å². The van der Waals surface area contributed by atoms with Crippen LogP contribution in [0.3, 0.4) is 0 Å². The zero-order chi connectivity index (χ0) is 22.7. The quantitative estimate of drug-likeness (QED) is 0.338. The molecule has 168 valence electrons. The lowest BCUT2D eigenvalue weighted by molar-refractivity contribution is -0.122. The summed E-state index contributed by atoms with van der Waals surface area (Å²) in [5.41, 5.74) is 0.634. The highest BCUT2D eigenvalue weighted by molar-refractivity contribution is 6.47. The number of nitrogens with one attached hydrogen (secondary N) is 3. The van der Waals surface area contributed by atoms with Gasteiger partial charge in [-0.25, -0.2) is 9.48 Å². The Morgan fingerprint density at radius 1 is 1.25 bits per heavy atom. The van der Waals surface area contributed by atoms with Gasteiger partial charge in [0.15, 0.2) is 5.69 Å². The van der Waals surface area contributed by atoms with Crippen molar-refractivity contribution in [3.05, 3.63) is 41.2 Å². The summed E-state index contributed by atoms with van der Waals surface area (Å²) in [4.78, 5) is 36.1. The predicted octanol–water partition coefficient (Wildman–Crippen LogP) is -1.40. The van der Waals surface area contributed by atoms with E-state index in [2.05, 4.69) is 26.3 Å². The van der Waals surface area contributed by atoms with Gasteiger partial charge in [-0.2, -0.15) is 0 Å². The van der Waals surface area contributed by atoms with E-state index in [0.717, 1.165) is 25.9 Å². The molecule has 2 aromatic rings. The maximum atomic E-state index is 12.4. The molecule has 0 radical (unpaired) electrons. The number of para-hydroxylation sites is 1. The van der Waals surface area contributed by atoms with Crippen LogP contribution in [0.25, 0.3) is 0 Å². The Balaban J connectivity index is 1.34. The van der Waals surface area contributed by atoms with Crippen molar-refractivity contribution in [1.82, 2.24) is 30.9 Å². The lowest BCUT2D eigenvalue weighted by atomic mass is 9.72. The van der Waals surface area contributed by atoms with Crippen LogP contribution in [-0.2, 0) is 17.8 Å². The monoisotopic (exact) mass is 442 g/mol. The number of carboxylic acids is 1. The second kappa shape index (κ2) is 9.36. The molecular formula is C19H23BN6O6. The van der Waals surface area contributed by atoms with Crippen LogP contribution >= 0.6 is 0 Å². The highest BCUT2D eigenvalue weighted by Crippen LogP contribution is 2.30. The molecule has 13 heteroatoms. The molecule has 1 aromatic carbocycles. The lowest BCUT2D eigenvalue weighted by Gasteiger charge is -2.28. The molecule has 4 rings (SSSR count). The Kier molecular flexibility index (Phi) is 6.37. The van der Waals surface area contributed by atoms with Crippen molar-refractivity contribution in [3.63, 3.8) is 0 Å². The first-order chi connectivity index (χ1) is 15.4. The molecule has 0 spiro atoms. The van der Waals surface area contributed by atoms with Crippen molar-refractivity contribution in [2.75, 3.05) is 13.1 Å². The Labute approximate surface area is 183 Å². The second-order valence-corrected chi connectivity index (χ2v) is 7.78. The zero-order valence-electron chi connectivity index (χ0n) is 17.2. The first kappa shape index (κ1) is 21.8. The lowest BCUT2D eigenvalue weighted by Crippen LogP contribution is -2.53. The number of rotatable bonds is 6. The number of amides is 2. The summed E-state index contributed by atoms with van der Waals surface area (Å²) in [5.74, 6) is -2.65. The van der Waals surface area contributed by atoms with E-state index in [9.17, 15) is 24.5 Å². The van der Waals surface area contributed by atoms with Gasteiger partial charge in [0.2, 0.25) is 5.91 Å². The first-order valence-corrected chi connectivity index (χ1v) is 10.3. The SMILES string of the molecule is O=C(Cn1cc(C(=O)NC2CCNCC2)nn1)NC1Cc2cccc(C(=O)O)c2OB1O. The van der Waals surface area contributed by atoms with Crippen molar-refractivity contribution in [2.24, 2.45) is 0 Å². The average molecular weight is 442 g/mol. The second-order valence-electron chi connectivity index (χ2n) is 7.78. The smallest absolute Gasteiger partial charge is 0.534 e. The fourth-order valence-corrected chi connectivity index (χ4v) is 3.82. The van der Waals surface area contributed by atoms with Crippen molar-refractivity contribution < 1.29 is 29.2 Å². The van der Waals surface area contributed by atoms with Gasteiger partial charge in [0, 0.05) is 6.04 Å². The van der Waals surface area contributed by atoms with Crippen molar-refractivity contribution in [3.8, 4) is 5.75 Å². The molecule has 1 atom stereocenters. The summed E-state index contributed by atoms with van der Waals surface area (Å²) < 4.78 is 6.60. The molecule has 32 heavy (non-hydrogen) atoms. The minimum absolute atomic E-state index is 0.0516. The number of hydrogen-bond donors (Lipinski definition) is 5. The van der Waals surface area contributed by atoms with Gasteiger partial charge in [0.1, 0.15) is 12.3 Å². The van der Waals surface area contributed by atoms with E-state index in [0.29, 0.717) is 5.56 Å². The fourth-order valence-electron chi connectivity index (χ4n) is 3.82. The number of nitrogens with zero attached hydrogens (tertiary/aromatic N) is 3. The third-order valence-electron chi connectivity index (χ3n) is 5.45. The maximum absolute atomic E-state index is 12.4. The molecule has 0 aliphatic carbocycles. The summed E-state index contributed by atoms with van der Waals surface area (Å²) in [6.07, 6.45) is 3.26. The standard InChI is InChI=1S/C19H23BN6O6/c27-16(10-26-9-14(24-25-26)18(28)22-12-4-6-21-7-5-12)23-15-8-11-2-1-3-13(19(29)30)17(11)32-20(15)31/h1-3,9,12,15,21,31H,4-8,10H2,(H,22,28)(H,23,27)(H,29,30). The number of carbonyl (C=O) groups excluding carboxylic acids is 2. The number of carbonyl (C=O) groups is 3. The van der Waals surface area contributed by atoms with Crippen LogP contribution in [0, 0.1) is 0 Å². The predicted molar refractivity (Wildman–Crippen MR) is 111 cm³/mol. The fraction of sp³-hybridized carbons (Fsp3) is 0.421. The number of aromatic nitrogens is 3. The minimum atomic E-state index is -1.41. The van der Waals surface area contributed by atoms with Crippen LogP contribution in [0.2, 0.25) is 0 Å². The summed E-state index contributed by atoms with van der Waals surface area (Å²) in [6, 6.07) is 4.72. The molecule has 0 bridgehead atoms. The maximum Gasteiger partial charge on any atom is 0.547 e. The Morgan fingerprint density at radius 2 is 2.03 bits per heavy atom. The number of piperidine rings is 1. The molecule has 0 saturated carbocycles. The molecule has 2 aliphatic heterocycles. The molecule has 1 unspecified atom stereocenters. The van der Waals surface area contributed by atoms with E-state index in [4.69, 9.17) is 4.65 Å². The normalized spacial score (nSPS) is 18.4. The topological polar surface area (TPSA) is 168 Å². The Bertz CT molecular complexity index is 1020. The molecule has 5 N–H and O–H groups in total. The van der Waals surface area contributed by atoms with Gasteiger partial charge in [-0.1, -0.05) is 17.3 Å². The highest BCUT2D eigenvalue weighted by atomic mass is 16.5. The van der Waals surface area contributed by atoms with E-state index in [1.807, 2.05) is 0 Å². The molecule has 1 fully saturated rings. The van der Waals surface area contributed by atoms with E-state index in [-0.39, 0.29) is 41.9 Å². The Hall–Kier alpha value is -3.45. The van der Waals surface area contributed by atoms with Gasteiger partial charge in [-0.15, -0.1) is 5.10 Å². The molecular weight excluding hydrogens is 419 g/mol. The molecule has 12 nitrogen and oxygen atoms in total. The molecule has 2 amide bonds. The molecule has 1 saturated heterocycles. The average Bonchev–Trinajstić information content (AvgIpc) is 3.23. The van der Waals surface area contributed by atoms with Gasteiger partial charge >= 0.3 is 13.1 Å². The number of carboxylic acid groups (broad SMARTS) is 1. The zero-order valence-corrected chi connectivity index (χ0v) is 17.2. The van der Waals surface area contributed by atoms with Gasteiger partial charge in [0.05, 0.1) is 17.7 Å². The number of fused-ring (bicyclic) bond motifs is 1. The van der Waals surface area contributed by atoms with Crippen molar-refractivity contribution in [2.45, 2.75) is 37.8 Å². The third kappa shape index (κ3) is 4.89. The third-order valence-corrected chi connectivity index (χ3v) is 5.45. The highest BCUT2D eigenvalue weighted by Gasteiger charge is 2.37. The minimum Gasteiger partial charge on any atom is -0.534 e. The van der Waals surface area contributed by atoms with Crippen molar-refractivity contribution >= 4 is 24.9 Å². The van der Waals surface area contributed by atoms with Gasteiger partial charge in [0.25, 0.3) is 5.91 Å². The Morgan fingerprint density at radius 3 is 2.78 bits per heavy atom. The number of benzene rings is 1. The van der Waals surface area contributed by atoms with Gasteiger partial charge < -0.3 is 30.7 Å². The van der Waals surface area contributed by atoms with Crippen LogP contribution in [0.1, 0.15) is 39.3 Å². The first-order valence-electron chi connectivity index (χ1n) is 10.3. The number of hydrogen-bond acceptors (Lipinski definition) is 8. The van der Waals surface area contributed by atoms with E-state index < -0.39 is 24.9 Å². The van der Waals surface area contributed by atoms with E-state index in [1.165, 1.54) is 16.9 Å². The summed E-state index contributed by atoms with van der Waals surface area (Å²) in [5, 5.41) is 35.9. The van der Waals surface area contributed by atoms with E-state index in [1.54, 1.807) is 12.1 Å². The molecule has 1 aromatic heterocycles. The van der Waals surface area contributed by atoms with Crippen LogP contribution < -0.4 is 20.6 Å². The van der Waals surface area contributed by atoms with E-state index >= 15 is 0 Å². The van der Waals surface area contributed by atoms with Crippen LogP contribution in [-0.4, -0.2) is 75.1 Å². The summed E-state index contributed by atoms with van der Waals surface area (Å²) in [7, 11) is -1.41. The molecule has 2 aliphatic rings. The largest absolute Gasteiger partial charge is 0.547 e. The molecule has 3 heterocycles. The van der Waals surface area contributed by atoms with Gasteiger partial charge in [-0.05, 0) is 44.0 Å².